The number of aliphatic carboxylic acids is 1. The van der Waals surface area contributed by atoms with Gasteiger partial charge in [0.1, 0.15) is 12.4 Å². The van der Waals surface area contributed by atoms with Crippen LogP contribution in [0.15, 0.2) is 60.8 Å². The topological polar surface area (TPSA) is 77.0 Å². The summed E-state index contributed by atoms with van der Waals surface area (Å²) in [5, 5.41) is 9.26. The summed E-state index contributed by atoms with van der Waals surface area (Å²) in [5.74, 6) is -0.0586. The van der Waals surface area contributed by atoms with Crippen LogP contribution in [0.5, 0.6) is 0 Å². The van der Waals surface area contributed by atoms with Crippen LogP contribution in [0.1, 0.15) is 34.0 Å². The number of pyridine rings is 1. The van der Waals surface area contributed by atoms with Gasteiger partial charge in [-0.2, -0.15) is 0 Å². The number of anilines is 3. The number of carbonyl (C=O) groups is 2. The van der Waals surface area contributed by atoms with Crippen molar-refractivity contribution in [3.63, 3.8) is 0 Å². The molecule has 7 heteroatoms. The zero-order chi connectivity index (χ0) is 23.1. The number of benzene rings is 2. The highest BCUT2D eigenvalue weighted by molar-refractivity contribution is 6.15. The van der Waals surface area contributed by atoms with Crippen molar-refractivity contribution in [3.8, 4) is 0 Å². The Bertz CT molecular complexity index is 1300. The van der Waals surface area contributed by atoms with Crippen LogP contribution in [0, 0.1) is 0 Å². The number of carboxylic acid groups (broad SMARTS) is 1. The minimum absolute atomic E-state index is 0.0142. The summed E-state index contributed by atoms with van der Waals surface area (Å²) in [6.07, 6.45) is 3.80. The van der Waals surface area contributed by atoms with Crippen molar-refractivity contribution in [3.05, 3.63) is 83.0 Å². The van der Waals surface area contributed by atoms with Crippen molar-refractivity contribution in [2.75, 3.05) is 29.9 Å². The predicted molar refractivity (Wildman–Crippen MR) is 128 cm³/mol. The van der Waals surface area contributed by atoms with Gasteiger partial charge in [-0.25, -0.2) is 4.98 Å². The van der Waals surface area contributed by atoms with E-state index in [4.69, 9.17) is 4.98 Å². The van der Waals surface area contributed by atoms with Crippen molar-refractivity contribution < 1.29 is 14.7 Å². The first-order valence-electron chi connectivity index (χ1n) is 10.9. The summed E-state index contributed by atoms with van der Waals surface area (Å²) in [6, 6.07) is 17.6. The quantitative estimate of drug-likeness (QED) is 0.618. The minimum atomic E-state index is -0.861. The normalized spacial score (nSPS) is 13.9. The van der Waals surface area contributed by atoms with E-state index in [0.717, 1.165) is 39.6 Å². The minimum Gasteiger partial charge on any atom is -0.480 e. The van der Waals surface area contributed by atoms with Crippen LogP contribution in [0.2, 0.25) is 0 Å². The zero-order valence-corrected chi connectivity index (χ0v) is 18.5. The van der Waals surface area contributed by atoms with E-state index in [-0.39, 0.29) is 12.5 Å². The maximum absolute atomic E-state index is 12.9. The van der Waals surface area contributed by atoms with E-state index in [0.29, 0.717) is 18.7 Å². The molecule has 0 fully saturated rings. The van der Waals surface area contributed by atoms with Gasteiger partial charge in [0.2, 0.25) is 0 Å². The lowest BCUT2D eigenvalue weighted by Crippen LogP contribution is -2.29. The van der Waals surface area contributed by atoms with Gasteiger partial charge in [0.05, 0.1) is 16.9 Å². The monoisotopic (exact) mass is 440 g/mol. The van der Waals surface area contributed by atoms with Gasteiger partial charge in [-0.1, -0.05) is 18.2 Å². The molecule has 3 heterocycles. The van der Waals surface area contributed by atoms with Crippen LogP contribution in [0.3, 0.4) is 0 Å². The third-order valence-corrected chi connectivity index (χ3v) is 6.17. The Hall–Kier alpha value is -4.13. The number of carbonyl (C=O) groups excluding carboxylic acids is 1. The molecule has 166 valence electrons. The largest absolute Gasteiger partial charge is 0.480 e. The maximum Gasteiger partial charge on any atom is 0.323 e. The fourth-order valence-corrected chi connectivity index (χ4v) is 4.59. The van der Waals surface area contributed by atoms with Crippen LogP contribution in [-0.4, -0.2) is 47.0 Å². The van der Waals surface area contributed by atoms with Crippen LogP contribution in [0.25, 0.3) is 11.8 Å². The summed E-state index contributed by atoms with van der Waals surface area (Å²) >= 11 is 0. The average Bonchev–Trinajstić information content (AvgIpc) is 2.98. The molecule has 0 aliphatic carbocycles. The van der Waals surface area contributed by atoms with Gasteiger partial charge >= 0.3 is 5.97 Å². The molecule has 7 nitrogen and oxygen atoms in total. The number of rotatable bonds is 6. The number of hydrogen-bond donors (Lipinski definition) is 1. The molecule has 2 aliphatic rings. The second kappa shape index (κ2) is 8.09. The van der Waals surface area contributed by atoms with E-state index in [1.54, 1.807) is 18.1 Å². The summed E-state index contributed by atoms with van der Waals surface area (Å²) < 4.78 is 0. The van der Waals surface area contributed by atoms with Gasteiger partial charge in [0, 0.05) is 43.1 Å². The maximum atomic E-state index is 12.9. The third kappa shape index (κ3) is 3.51. The summed E-state index contributed by atoms with van der Waals surface area (Å²) in [5.41, 5.74) is 6.22. The number of amides is 1. The molecule has 0 bridgehead atoms. The molecule has 1 aromatic heterocycles. The number of nitrogens with zero attached hydrogens (tertiary/aromatic N) is 4. The molecule has 33 heavy (non-hydrogen) atoms. The smallest absolute Gasteiger partial charge is 0.323 e. The standard InChI is InChI=1S/C26H24N4O3/c1-3-29(16-23(31)32)19-9-4-7-17(13-19)15-30-21-11-5-10-20-24(21)22(28(2)26(20)33)14-18-8-6-12-27-25(18)30/h4-14H,3,15-16H2,1-2H3,(H,31,32). The first kappa shape index (κ1) is 20.8. The van der Waals surface area contributed by atoms with Crippen LogP contribution in [-0.2, 0) is 11.3 Å². The third-order valence-electron chi connectivity index (χ3n) is 6.17. The molecule has 0 unspecified atom stereocenters. The number of carboxylic acids is 1. The highest BCUT2D eigenvalue weighted by Crippen LogP contribution is 2.45. The molecule has 2 aromatic carbocycles. The molecule has 0 saturated heterocycles. The summed E-state index contributed by atoms with van der Waals surface area (Å²) in [4.78, 5) is 34.5. The number of hydrogen-bond acceptors (Lipinski definition) is 5. The van der Waals surface area contributed by atoms with Gasteiger partial charge in [-0.05, 0) is 55.0 Å². The van der Waals surface area contributed by atoms with Crippen LogP contribution in [0.4, 0.5) is 17.2 Å². The van der Waals surface area contributed by atoms with Crippen molar-refractivity contribution in [2.24, 2.45) is 0 Å². The van der Waals surface area contributed by atoms with Gasteiger partial charge in [0.15, 0.2) is 0 Å². The molecule has 0 atom stereocenters. The molecular weight excluding hydrogens is 416 g/mol. The fourth-order valence-electron chi connectivity index (χ4n) is 4.59. The molecule has 5 rings (SSSR count). The van der Waals surface area contributed by atoms with E-state index in [2.05, 4.69) is 4.90 Å². The molecule has 1 amide bonds. The van der Waals surface area contributed by atoms with Crippen LogP contribution < -0.4 is 9.80 Å². The van der Waals surface area contributed by atoms with E-state index in [1.807, 2.05) is 72.5 Å². The van der Waals surface area contributed by atoms with E-state index < -0.39 is 5.97 Å². The Balaban J connectivity index is 1.61. The number of aromatic nitrogens is 1. The average molecular weight is 441 g/mol. The van der Waals surface area contributed by atoms with E-state index in [1.165, 1.54) is 0 Å². The Kier molecular flexibility index (Phi) is 5.09. The summed E-state index contributed by atoms with van der Waals surface area (Å²) in [6.45, 7) is 3.01. The highest BCUT2D eigenvalue weighted by atomic mass is 16.4. The fraction of sp³-hybridized carbons (Fsp3) is 0.192. The highest BCUT2D eigenvalue weighted by Gasteiger charge is 2.35. The van der Waals surface area contributed by atoms with Crippen molar-refractivity contribution in [1.82, 2.24) is 9.88 Å². The van der Waals surface area contributed by atoms with Crippen molar-refractivity contribution >= 4 is 40.8 Å². The van der Waals surface area contributed by atoms with E-state index >= 15 is 0 Å². The molecular formula is C26H24N4O3. The summed E-state index contributed by atoms with van der Waals surface area (Å²) in [7, 11) is 1.80. The second-order valence-corrected chi connectivity index (χ2v) is 8.17. The molecule has 3 aromatic rings. The Morgan fingerprint density at radius 1 is 1.12 bits per heavy atom. The lowest BCUT2D eigenvalue weighted by atomic mass is 10.0. The second-order valence-electron chi connectivity index (χ2n) is 8.17. The zero-order valence-electron chi connectivity index (χ0n) is 18.5. The van der Waals surface area contributed by atoms with Crippen LogP contribution >= 0.6 is 0 Å². The van der Waals surface area contributed by atoms with Crippen molar-refractivity contribution in [1.29, 1.82) is 0 Å². The van der Waals surface area contributed by atoms with Gasteiger partial charge in [0.25, 0.3) is 5.91 Å². The molecule has 2 aliphatic heterocycles. The Labute approximate surface area is 192 Å². The van der Waals surface area contributed by atoms with Gasteiger partial charge < -0.3 is 19.8 Å². The Morgan fingerprint density at radius 2 is 1.94 bits per heavy atom. The van der Waals surface area contributed by atoms with E-state index in [9.17, 15) is 14.7 Å². The van der Waals surface area contributed by atoms with Gasteiger partial charge in [-0.15, -0.1) is 0 Å². The number of likely N-dealkylation sites (N-methyl/N-ethyl adjacent to an activating group) is 1. The first-order valence-corrected chi connectivity index (χ1v) is 10.9. The van der Waals surface area contributed by atoms with Crippen molar-refractivity contribution in [2.45, 2.75) is 13.5 Å². The molecule has 0 radical (unpaired) electrons. The molecule has 0 saturated carbocycles. The molecule has 0 spiro atoms. The lowest BCUT2D eigenvalue weighted by Gasteiger charge is -2.27. The SMILES string of the molecule is CCN(CC(=O)O)c1cccc(CN2c3cccc4c3C(=Cc3cccnc32)N(C)C4=O)c1. The Morgan fingerprint density at radius 3 is 2.73 bits per heavy atom. The predicted octanol–water partition coefficient (Wildman–Crippen LogP) is 4.23. The number of fused-ring (bicyclic) bond motifs is 1. The molecule has 1 N–H and O–H groups in total. The first-order chi connectivity index (χ1) is 16.0. The van der Waals surface area contributed by atoms with Gasteiger partial charge in [-0.3, -0.25) is 9.59 Å². The lowest BCUT2D eigenvalue weighted by molar-refractivity contribution is -0.135.